The number of hydrogen-bond donors (Lipinski definition) is 1. The Kier molecular flexibility index (Phi) is 3.09. The van der Waals surface area contributed by atoms with E-state index in [9.17, 15) is 4.79 Å². The van der Waals surface area contributed by atoms with Gasteiger partial charge < -0.3 is 5.32 Å². The van der Waals surface area contributed by atoms with Gasteiger partial charge in [-0.25, -0.2) is 0 Å². The Hall–Kier alpha value is -0.570. The molecule has 0 aromatic carbocycles. The molecule has 0 spiro atoms. The van der Waals surface area contributed by atoms with Gasteiger partial charge in [-0.15, -0.1) is 0 Å². The van der Waals surface area contributed by atoms with Crippen LogP contribution >= 0.6 is 0 Å². The quantitative estimate of drug-likeness (QED) is 0.647. The molecule has 0 saturated carbocycles. The third-order valence-electron chi connectivity index (χ3n) is 2.71. The van der Waals surface area contributed by atoms with E-state index in [1.165, 1.54) is 0 Å². The highest BCUT2D eigenvalue weighted by Crippen LogP contribution is 2.21. The average Bonchev–Trinajstić information content (AvgIpc) is 2.31. The highest BCUT2D eigenvalue weighted by molar-refractivity contribution is 5.77. The van der Waals surface area contributed by atoms with Crippen LogP contribution in [0.3, 0.4) is 0 Å². The number of amides is 1. The molecule has 70 valence electrons. The summed E-state index contributed by atoms with van der Waals surface area (Å²) >= 11 is 0. The Morgan fingerprint density at radius 2 is 1.92 bits per heavy atom. The SMILES string of the molecule is CNC(=O)CN1CC(C)C(C)C1. The maximum Gasteiger partial charge on any atom is 0.233 e. The number of carbonyl (C=O) groups excluding carboxylic acids is 1. The van der Waals surface area contributed by atoms with Crippen LogP contribution in [-0.2, 0) is 4.79 Å². The summed E-state index contributed by atoms with van der Waals surface area (Å²) in [6.07, 6.45) is 0. The molecule has 1 aliphatic rings. The fraction of sp³-hybridized carbons (Fsp3) is 0.889. The van der Waals surface area contributed by atoms with Crippen molar-refractivity contribution in [1.29, 1.82) is 0 Å². The molecule has 0 aromatic rings. The number of nitrogens with one attached hydrogen (secondary N) is 1. The molecular weight excluding hydrogens is 152 g/mol. The largest absolute Gasteiger partial charge is 0.358 e. The van der Waals surface area contributed by atoms with E-state index in [-0.39, 0.29) is 5.91 Å². The second-order valence-electron chi connectivity index (χ2n) is 3.82. The van der Waals surface area contributed by atoms with Gasteiger partial charge in [-0.1, -0.05) is 13.8 Å². The number of nitrogens with zero attached hydrogens (tertiary/aromatic N) is 1. The summed E-state index contributed by atoms with van der Waals surface area (Å²) in [6.45, 7) is 7.18. The van der Waals surface area contributed by atoms with Crippen molar-refractivity contribution in [2.45, 2.75) is 13.8 Å². The zero-order valence-electron chi connectivity index (χ0n) is 8.13. The van der Waals surface area contributed by atoms with E-state index in [1.807, 2.05) is 0 Å². The third-order valence-corrected chi connectivity index (χ3v) is 2.71. The molecule has 1 rings (SSSR count). The monoisotopic (exact) mass is 170 g/mol. The molecule has 3 nitrogen and oxygen atoms in total. The van der Waals surface area contributed by atoms with Crippen molar-refractivity contribution >= 4 is 5.91 Å². The van der Waals surface area contributed by atoms with Crippen LogP contribution in [0.15, 0.2) is 0 Å². The Balaban J connectivity index is 2.32. The summed E-state index contributed by atoms with van der Waals surface area (Å²) in [4.78, 5) is 13.2. The van der Waals surface area contributed by atoms with Crippen LogP contribution in [0.25, 0.3) is 0 Å². The lowest BCUT2D eigenvalue weighted by molar-refractivity contribution is -0.121. The topological polar surface area (TPSA) is 32.3 Å². The zero-order chi connectivity index (χ0) is 9.14. The number of carbonyl (C=O) groups is 1. The molecule has 1 heterocycles. The lowest BCUT2D eigenvalue weighted by Gasteiger charge is -2.13. The Morgan fingerprint density at radius 3 is 2.33 bits per heavy atom. The van der Waals surface area contributed by atoms with Crippen LogP contribution in [0.4, 0.5) is 0 Å². The Morgan fingerprint density at radius 1 is 1.42 bits per heavy atom. The van der Waals surface area contributed by atoms with E-state index < -0.39 is 0 Å². The minimum absolute atomic E-state index is 0.122. The second kappa shape index (κ2) is 3.90. The van der Waals surface area contributed by atoms with E-state index in [1.54, 1.807) is 7.05 Å². The lowest BCUT2D eigenvalue weighted by atomic mass is 10.0. The molecule has 1 N–H and O–H groups in total. The number of rotatable bonds is 2. The molecule has 3 heteroatoms. The highest BCUT2D eigenvalue weighted by atomic mass is 16.1. The summed E-state index contributed by atoms with van der Waals surface area (Å²) in [5, 5.41) is 2.64. The van der Waals surface area contributed by atoms with Gasteiger partial charge >= 0.3 is 0 Å². The summed E-state index contributed by atoms with van der Waals surface area (Å²) in [5.41, 5.74) is 0. The summed E-state index contributed by atoms with van der Waals surface area (Å²) in [6, 6.07) is 0. The first-order chi connectivity index (χ1) is 5.63. The van der Waals surface area contributed by atoms with Gasteiger partial charge in [0.15, 0.2) is 0 Å². The van der Waals surface area contributed by atoms with Gasteiger partial charge in [-0.2, -0.15) is 0 Å². The highest BCUT2D eigenvalue weighted by Gasteiger charge is 2.26. The molecule has 0 bridgehead atoms. The Bertz CT molecular complexity index is 160. The van der Waals surface area contributed by atoms with Crippen molar-refractivity contribution in [3.8, 4) is 0 Å². The number of hydrogen-bond acceptors (Lipinski definition) is 2. The molecule has 0 aliphatic carbocycles. The van der Waals surface area contributed by atoms with E-state index in [2.05, 4.69) is 24.1 Å². The van der Waals surface area contributed by atoms with Crippen LogP contribution in [-0.4, -0.2) is 37.5 Å². The van der Waals surface area contributed by atoms with E-state index in [4.69, 9.17) is 0 Å². The first-order valence-corrected chi connectivity index (χ1v) is 4.56. The zero-order valence-corrected chi connectivity index (χ0v) is 8.13. The van der Waals surface area contributed by atoms with Crippen molar-refractivity contribution in [3.05, 3.63) is 0 Å². The minimum Gasteiger partial charge on any atom is -0.358 e. The average molecular weight is 170 g/mol. The molecule has 2 atom stereocenters. The Labute approximate surface area is 74.1 Å². The summed E-state index contributed by atoms with van der Waals surface area (Å²) in [7, 11) is 1.69. The first kappa shape index (κ1) is 9.52. The standard InChI is InChI=1S/C9H18N2O/c1-7-4-11(5-8(7)2)6-9(12)10-3/h7-8H,4-6H2,1-3H3,(H,10,12). The molecule has 1 amide bonds. The first-order valence-electron chi connectivity index (χ1n) is 4.56. The predicted octanol–water partition coefficient (Wildman–Crippen LogP) is 0.320. The van der Waals surface area contributed by atoms with Gasteiger partial charge in [0.1, 0.15) is 0 Å². The van der Waals surface area contributed by atoms with Crippen LogP contribution < -0.4 is 5.32 Å². The van der Waals surface area contributed by atoms with Gasteiger partial charge in [0.05, 0.1) is 6.54 Å². The fourth-order valence-electron chi connectivity index (χ4n) is 1.66. The normalized spacial score (nSPS) is 30.6. The molecule has 2 unspecified atom stereocenters. The fourth-order valence-corrected chi connectivity index (χ4v) is 1.66. The van der Waals surface area contributed by atoms with Gasteiger partial charge in [0, 0.05) is 20.1 Å². The molecule has 1 saturated heterocycles. The lowest BCUT2D eigenvalue weighted by Crippen LogP contribution is -2.34. The molecule has 1 fully saturated rings. The van der Waals surface area contributed by atoms with Crippen molar-refractivity contribution in [3.63, 3.8) is 0 Å². The molecule has 0 aromatic heterocycles. The maximum absolute atomic E-state index is 11.0. The third kappa shape index (κ3) is 2.21. The van der Waals surface area contributed by atoms with Crippen molar-refractivity contribution in [2.75, 3.05) is 26.7 Å². The van der Waals surface area contributed by atoms with Crippen LogP contribution in [0.2, 0.25) is 0 Å². The van der Waals surface area contributed by atoms with Gasteiger partial charge in [0.25, 0.3) is 0 Å². The van der Waals surface area contributed by atoms with Crippen LogP contribution in [0.1, 0.15) is 13.8 Å². The summed E-state index contributed by atoms with van der Waals surface area (Å²) in [5.74, 6) is 1.58. The van der Waals surface area contributed by atoms with E-state index >= 15 is 0 Å². The van der Waals surface area contributed by atoms with Gasteiger partial charge in [-0.05, 0) is 11.8 Å². The number of likely N-dealkylation sites (N-methyl/N-ethyl adjacent to an activating group) is 1. The molecular formula is C9H18N2O. The summed E-state index contributed by atoms with van der Waals surface area (Å²) < 4.78 is 0. The van der Waals surface area contributed by atoms with Crippen LogP contribution in [0, 0.1) is 11.8 Å². The maximum atomic E-state index is 11.0. The molecule has 1 aliphatic heterocycles. The van der Waals surface area contributed by atoms with Crippen molar-refractivity contribution in [2.24, 2.45) is 11.8 Å². The van der Waals surface area contributed by atoms with E-state index in [0.29, 0.717) is 6.54 Å². The number of likely N-dealkylation sites (tertiary alicyclic amines) is 1. The van der Waals surface area contributed by atoms with Gasteiger partial charge in [-0.3, -0.25) is 9.69 Å². The molecule has 0 radical (unpaired) electrons. The van der Waals surface area contributed by atoms with E-state index in [0.717, 1.165) is 24.9 Å². The van der Waals surface area contributed by atoms with Crippen LogP contribution in [0.5, 0.6) is 0 Å². The van der Waals surface area contributed by atoms with Gasteiger partial charge in [0.2, 0.25) is 5.91 Å². The minimum atomic E-state index is 0.122. The molecule has 12 heavy (non-hydrogen) atoms. The second-order valence-corrected chi connectivity index (χ2v) is 3.82. The smallest absolute Gasteiger partial charge is 0.233 e. The van der Waals surface area contributed by atoms with Crippen molar-refractivity contribution < 1.29 is 4.79 Å². The predicted molar refractivity (Wildman–Crippen MR) is 48.8 cm³/mol. The van der Waals surface area contributed by atoms with Crippen molar-refractivity contribution in [1.82, 2.24) is 10.2 Å².